The van der Waals surface area contributed by atoms with Gasteiger partial charge in [-0.15, -0.1) is 0 Å². The second kappa shape index (κ2) is 12.9. The number of hydrogen-bond acceptors (Lipinski definition) is 4. The topological polar surface area (TPSA) is 47.6 Å². The Balaban J connectivity index is 2.11. The van der Waals surface area contributed by atoms with Gasteiger partial charge in [0.15, 0.2) is 0 Å². The van der Waals surface area contributed by atoms with Gasteiger partial charge in [-0.3, -0.25) is 4.79 Å². The SMILES string of the molecule is COc1ccc(C(C)C)cc1-c1ccc(C(F)(F)F)cc1[C@@H](OC=O)[C@@H](C)NCc1cc(C(F)(F)F)cc(C(F)(F)F)c1. The van der Waals surface area contributed by atoms with E-state index in [0.717, 1.165) is 17.7 Å². The minimum atomic E-state index is -5.07. The number of rotatable bonds is 10. The van der Waals surface area contributed by atoms with Crippen LogP contribution in [0.25, 0.3) is 11.1 Å². The molecule has 4 nitrogen and oxygen atoms in total. The Morgan fingerprint density at radius 1 is 0.744 bits per heavy atom. The van der Waals surface area contributed by atoms with Gasteiger partial charge < -0.3 is 14.8 Å². The molecule has 234 valence electrons. The number of benzene rings is 3. The van der Waals surface area contributed by atoms with Crippen LogP contribution in [0.3, 0.4) is 0 Å². The summed E-state index contributed by atoms with van der Waals surface area (Å²) < 4.78 is 132. The molecule has 3 rings (SSSR count). The van der Waals surface area contributed by atoms with Crippen molar-refractivity contribution < 1.29 is 53.8 Å². The van der Waals surface area contributed by atoms with E-state index in [2.05, 4.69) is 5.32 Å². The molecule has 3 aromatic rings. The van der Waals surface area contributed by atoms with Crippen LogP contribution in [0, 0.1) is 0 Å². The number of carbonyl (C=O) groups excluding carboxylic acids is 1. The first-order valence-corrected chi connectivity index (χ1v) is 12.9. The van der Waals surface area contributed by atoms with Crippen LogP contribution in [0.1, 0.15) is 66.2 Å². The third-order valence-corrected chi connectivity index (χ3v) is 6.80. The number of nitrogens with one attached hydrogen (secondary N) is 1. The van der Waals surface area contributed by atoms with Gasteiger partial charge in [-0.25, -0.2) is 0 Å². The molecule has 0 aliphatic heterocycles. The molecule has 0 aliphatic rings. The van der Waals surface area contributed by atoms with E-state index in [4.69, 9.17) is 9.47 Å². The van der Waals surface area contributed by atoms with E-state index < -0.39 is 59.5 Å². The van der Waals surface area contributed by atoms with Crippen molar-refractivity contribution in [3.05, 3.63) is 88.0 Å². The van der Waals surface area contributed by atoms with E-state index in [1.54, 1.807) is 18.2 Å². The van der Waals surface area contributed by atoms with E-state index in [-0.39, 0.29) is 29.6 Å². The van der Waals surface area contributed by atoms with E-state index >= 15 is 0 Å². The lowest BCUT2D eigenvalue weighted by atomic mass is 9.89. The van der Waals surface area contributed by atoms with E-state index in [1.807, 2.05) is 13.8 Å². The number of carbonyl (C=O) groups is 1. The molecule has 2 atom stereocenters. The second-order valence-corrected chi connectivity index (χ2v) is 10.2. The lowest BCUT2D eigenvalue weighted by molar-refractivity contribution is -0.143. The maximum absolute atomic E-state index is 13.8. The highest BCUT2D eigenvalue weighted by molar-refractivity contribution is 5.75. The Kier molecular flexibility index (Phi) is 10.1. The normalized spacial score (nSPS) is 14.0. The highest BCUT2D eigenvalue weighted by Gasteiger charge is 2.37. The zero-order valence-corrected chi connectivity index (χ0v) is 23.3. The number of alkyl halides is 9. The third-order valence-electron chi connectivity index (χ3n) is 6.80. The van der Waals surface area contributed by atoms with Gasteiger partial charge in [-0.2, -0.15) is 39.5 Å². The summed E-state index contributed by atoms with van der Waals surface area (Å²) in [4.78, 5) is 11.5. The summed E-state index contributed by atoms with van der Waals surface area (Å²) in [5.41, 5.74) is -3.19. The first kappa shape index (κ1) is 33.8. The van der Waals surface area contributed by atoms with E-state index in [9.17, 15) is 44.3 Å². The van der Waals surface area contributed by atoms with Crippen LogP contribution in [0.2, 0.25) is 0 Å². The zero-order chi connectivity index (χ0) is 32.3. The number of ether oxygens (including phenoxy) is 2. The van der Waals surface area contributed by atoms with Gasteiger partial charge in [0, 0.05) is 23.7 Å². The maximum atomic E-state index is 13.8. The predicted octanol–water partition coefficient (Wildman–Crippen LogP) is 8.93. The Labute approximate surface area is 241 Å². The van der Waals surface area contributed by atoms with Crippen LogP contribution >= 0.6 is 0 Å². The molecule has 0 fully saturated rings. The molecule has 0 spiro atoms. The molecule has 0 bridgehead atoms. The van der Waals surface area contributed by atoms with Gasteiger partial charge in [-0.1, -0.05) is 26.0 Å². The lowest BCUT2D eigenvalue weighted by Gasteiger charge is -2.27. The molecule has 0 heterocycles. The molecule has 0 amide bonds. The van der Waals surface area contributed by atoms with Gasteiger partial charge in [0.25, 0.3) is 6.47 Å². The fourth-order valence-electron chi connectivity index (χ4n) is 4.54. The minimum Gasteiger partial charge on any atom is -0.496 e. The van der Waals surface area contributed by atoms with Crippen molar-refractivity contribution >= 4 is 6.47 Å². The van der Waals surface area contributed by atoms with Crippen molar-refractivity contribution in [1.29, 1.82) is 0 Å². The number of methoxy groups -OCH3 is 1. The average Bonchev–Trinajstić information content (AvgIpc) is 2.92. The summed E-state index contributed by atoms with van der Waals surface area (Å²) in [5.74, 6) is 0.332. The lowest BCUT2D eigenvalue weighted by Crippen LogP contribution is -2.33. The molecule has 13 heteroatoms. The molecule has 0 saturated carbocycles. The number of halogens is 9. The molecular weight excluding hydrogens is 593 g/mol. The molecule has 0 radical (unpaired) electrons. The molecule has 0 aromatic heterocycles. The molecule has 1 N–H and O–H groups in total. The summed E-state index contributed by atoms with van der Waals surface area (Å²) in [5, 5.41) is 2.70. The van der Waals surface area contributed by atoms with Gasteiger partial charge in [0.1, 0.15) is 11.9 Å². The summed E-state index contributed by atoms with van der Waals surface area (Å²) in [6.45, 7) is 4.62. The van der Waals surface area contributed by atoms with Gasteiger partial charge in [0.2, 0.25) is 0 Å². The largest absolute Gasteiger partial charge is 0.496 e. The monoisotopic (exact) mass is 621 g/mol. The van der Waals surface area contributed by atoms with Crippen molar-refractivity contribution in [2.24, 2.45) is 0 Å². The van der Waals surface area contributed by atoms with Crippen LogP contribution in [0.4, 0.5) is 39.5 Å². The maximum Gasteiger partial charge on any atom is 0.416 e. The van der Waals surface area contributed by atoms with Gasteiger partial charge in [-0.05, 0) is 72.0 Å². The quantitative estimate of drug-likeness (QED) is 0.181. The van der Waals surface area contributed by atoms with Crippen LogP contribution in [-0.2, 0) is 34.6 Å². The van der Waals surface area contributed by atoms with Gasteiger partial charge >= 0.3 is 18.5 Å². The second-order valence-electron chi connectivity index (χ2n) is 10.2. The molecule has 0 unspecified atom stereocenters. The summed E-state index contributed by atoms with van der Waals surface area (Å²) in [6.07, 6.45) is -16.4. The Morgan fingerprint density at radius 2 is 1.33 bits per heavy atom. The molecular formula is C30H28F9NO3. The predicted molar refractivity (Wildman–Crippen MR) is 140 cm³/mol. The molecule has 0 aliphatic carbocycles. The highest BCUT2D eigenvalue weighted by Crippen LogP contribution is 2.42. The van der Waals surface area contributed by atoms with Crippen LogP contribution < -0.4 is 10.1 Å². The first-order valence-electron chi connectivity index (χ1n) is 12.9. The fourth-order valence-corrected chi connectivity index (χ4v) is 4.54. The summed E-state index contributed by atoms with van der Waals surface area (Å²) >= 11 is 0. The van der Waals surface area contributed by atoms with E-state index in [1.165, 1.54) is 20.1 Å². The van der Waals surface area contributed by atoms with Crippen LogP contribution in [0.15, 0.2) is 54.6 Å². The Morgan fingerprint density at radius 3 is 1.81 bits per heavy atom. The smallest absolute Gasteiger partial charge is 0.416 e. The van der Waals surface area contributed by atoms with Crippen molar-refractivity contribution in [1.82, 2.24) is 5.32 Å². The van der Waals surface area contributed by atoms with Crippen LogP contribution in [0.5, 0.6) is 5.75 Å². The molecule has 3 aromatic carbocycles. The standard InChI is InChI=1S/C30H28F9NO3/c1-16(2)19-5-8-26(42-4)24(11-19)23-7-6-20(28(31,32)33)13-25(23)27(43-15-41)17(3)40-14-18-9-21(29(34,35)36)12-22(10-18)30(37,38)39/h5-13,15-17,27,40H,14H2,1-4H3/t17-,27+/m1/s1. The molecule has 43 heavy (non-hydrogen) atoms. The average molecular weight is 622 g/mol. The highest BCUT2D eigenvalue weighted by atomic mass is 19.4. The summed E-state index contributed by atoms with van der Waals surface area (Å²) in [6, 6.07) is 7.91. The van der Waals surface area contributed by atoms with Crippen molar-refractivity contribution in [2.75, 3.05) is 7.11 Å². The van der Waals surface area contributed by atoms with Crippen molar-refractivity contribution in [3.63, 3.8) is 0 Å². The molecule has 0 saturated heterocycles. The van der Waals surface area contributed by atoms with Crippen molar-refractivity contribution in [2.45, 2.75) is 63.9 Å². The van der Waals surface area contributed by atoms with Crippen LogP contribution in [-0.4, -0.2) is 19.6 Å². The van der Waals surface area contributed by atoms with Gasteiger partial charge in [0.05, 0.1) is 23.8 Å². The Bertz CT molecular complexity index is 1400. The fraction of sp³-hybridized carbons (Fsp3) is 0.367. The first-order chi connectivity index (χ1) is 19.9. The Hall–Kier alpha value is -3.74. The minimum absolute atomic E-state index is 0.000687. The third kappa shape index (κ3) is 8.21. The zero-order valence-electron chi connectivity index (χ0n) is 23.3. The summed E-state index contributed by atoms with van der Waals surface area (Å²) in [7, 11) is 1.37. The number of hydrogen-bond donors (Lipinski definition) is 1. The van der Waals surface area contributed by atoms with E-state index in [0.29, 0.717) is 23.4 Å². The van der Waals surface area contributed by atoms with Crippen molar-refractivity contribution in [3.8, 4) is 16.9 Å².